The minimum absolute atomic E-state index is 0.0294. The van der Waals surface area contributed by atoms with Crippen molar-refractivity contribution in [2.75, 3.05) is 0 Å². The first-order chi connectivity index (χ1) is 12.3. The standard InChI is InChI=1S/C17H15ClF2N2O4/c18-11-4-7-14(23)13(9-11)16(25)22-21-15(24)8-3-10-1-5-12(6-2-10)26-17(19)20/h1-2,4-7,9,17,23H,3,8H2,(H,21,24)(H,22,25). The first kappa shape index (κ1) is 19.5. The second-order valence-electron chi connectivity index (χ2n) is 5.19. The first-order valence-electron chi connectivity index (χ1n) is 7.46. The molecule has 0 saturated carbocycles. The van der Waals surface area contributed by atoms with E-state index in [2.05, 4.69) is 15.6 Å². The van der Waals surface area contributed by atoms with Crippen molar-refractivity contribution in [3.63, 3.8) is 0 Å². The Hall–Kier alpha value is -2.87. The monoisotopic (exact) mass is 384 g/mol. The van der Waals surface area contributed by atoms with Crippen LogP contribution >= 0.6 is 11.6 Å². The Labute approximate surface area is 152 Å². The fourth-order valence-corrected chi connectivity index (χ4v) is 2.21. The van der Waals surface area contributed by atoms with E-state index < -0.39 is 18.4 Å². The molecule has 26 heavy (non-hydrogen) atoms. The van der Waals surface area contributed by atoms with Crippen molar-refractivity contribution in [1.82, 2.24) is 10.9 Å². The van der Waals surface area contributed by atoms with Crippen LogP contribution in [-0.4, -0.2) is 23.5 Å². The number of nitrogens with one attached hydrogen (secondary N) is 2. The van der Waals surface area contributed by atoms with Crippen LogP contribution in [0.2, 0.25) is 5.02 Å². The maximum atomic E-state index is 12.1. The number of phenols is 1. The molecule has 0 bridgehead atoms. The molecule has 2 aromatic carbocycles. The van der Waals surface area contributed by atoms with Gasteiger partial charge in [-0.25, -0.2) is 0 Å². The number of rotatable bonds is 6. The normalized spacial score (nSPS) is 10.5. The number of aromatic hydroxyl groups is 1. The lowest BCUT2D eigenvalue weighted by Gasteiger charge is -2.09. The van der Waals surface area contributed by atoms with E-state index in [-0.39, 0.29) is 28.5 Å². The van der Waals surface area contributed by atoms with Crippen molar-refractivity contribution in [2.45, 2.75) is 19.5 Å². The first-order valence-corrected chi connectivity index (χ1v) is 7.84. The van der Waals surface area contributed by atoms with E-state index in [1.54, 1.807) is 12.1 Å². The Morgan fingerprint density at radius 2 is 1.81 bits per heavy atom. The summed E-state index contributed by atoms with van der Waals surface area (Å²) in [6.45, 7) is -2.89. The summed E-state index contributed by atoms with van der Waals surface area (Å²) < 4.78 is 28.4. The molecule has 0 fully saturated rings. The van der Waals surface area contributed by atoms with Gasteiger partial charge in [0.2, 0.25) is 5.91 Å². The second-order valence-corrected chi connectivity index (χ2v) is 5.62. The summed E-state index contributed by atoms with van der Waals surface area (Å²) in [6.07, 6.45) is 0.385. The number of benzene rings is 2. The number of aryl methyl sites for hydroxylation is 1. The van der Waals surface area contributed by atoms with Crippen LogP contribution < -0.4 is 15.6 Å². The number of ether oxygens (including phenoxy) is 1. The molecular weight excluding hydrogens is 370 g/mol. The van der Waals surface area contributed by atoms with Crippen molar-refractivity contribution < 1.29 is 28.2 Å². The molecule has 0 aliphatic rings. The predicted octanol–water partition coefficient (Wildman–Crippen LogP) is 3.04. The number of hydrazine groups is 1. The van der Waals surface area contributed by atoms with E-state index >= 15 is 0 Å². The van der Waals surface area contributed by atoms with Crippen LogP contribution in [0.3, 0.4) is 0 Å². The summed E-state index contributed by atoms with van der Waals surface area (Å²) in [6, 6.07) is 9.83. The molecule has 2 rings (SSSR count). The van der Waals surface area contributed by atoms with Gasteiger partial charge in [0.1, 0.15) is 11.5 Å². The molecule has 0 aromatic heterocycles. The van der Waals surface area contributed by atoms with Crippen LogP contribution in [0.25, 0.3) is 0 Å². The van der Waals surface area contributed by atoms with Gasteiger partial charge in [0.15, 0.2) is 0 Å². The van der Waals surface area contributed by atoms with Crippen molar-refractivity contribution in [3.05, 3.63) is 58.6 Å². The van der Waals surface area contributed by atoms with Crippen LogP contribution in [0, 0.1) is 0 Å². The SMILES string of the molecule is O=C(CCc1ccc(OC(F)F)cc1)NNC(=O)c1cc(Cl)ccc1O. The van der Waals surface area contributed by atoms with Crippen LogP contribution in [0.4, 0.5) is 8.78 Å². The minimum Gasteiger partial charge on any atom is -0.507 e. The van der Waals surface area contributed by atoms with E-state index in [0.717, 1.165) is 5.56 Å². The molecule has 0 aliphatic carbocycles. The number of carbonyl (C=O) groups is 2. The van der Waals surface area contributed by atoms with Crippen LogP contribution in [0.15, 0.2) is 42.5 Å². The predicted molar refractivity (Wildman–Crippen MR) is 90.1 cm³/mol. The number of carbonyl (C=O) groups excluding carboxylic acids is 2. The third-order valence-corrected chi connectivity index (χ3v) is 3.54. The van der Waals surface area contributed by atoms with Crippen molar-refractivity contribution in [3.8, 4) is 11.5 Å². The summed E-state index contributed by atoms with van der Waals surface area (Å²) in [5.74, 6) is -1.42. The molecule has 0 heterocycles. The van der Waals surface area contributed by atoms with Crippen molar-refractivity contribution >= 4 is 23.4 Å². The minimum atomic E-state index is -2.89. The third kappa shape index (κ3) is 5.89. The highest BCUT2D eigenvalue weighted by Gasteiger charge is 2.12. The Kier molecular flexibility index (Phi) is 6.74. The summed E-state index contributed by atoms with van der Waals surface area (Å²) in [7, 11) is 0. The summed E-state index contributed by atoms with van der Waals surface area (Å²) >= 11 is 5.75. The van der Waals surface area contributed by atoms with Gasteiger partial charge in [-0.3, -0.25) is 20.4 Å². The summed E-state index contributed by atoms with van der Waals surface area (Å²) in [5, 5.41) is 9.87. The fraction of sp³-hybridized carbons (Fsp3) is 0.176. The summed E-state index contributed by atoms with van der Waals surface area (Å²) in [5.41, 5.74) is 5.05. The number of halogens is 3. The molecule has 0 saturated heterocycles. The van der Waals surface area contributed by atoms with Crippen LogP contribution in [-0.2, 0) is 11.2 Å². The van der Waals surface area contributed by atoms with E-state index in [9.17, 15) is 23.5 Å². The van der Waals surface area contributed by atoms with Gasteiger partial charge >= 0.3 is 6.61 Å². The lowest BCUT2D eigenvalue weighted by Crippen LogP contribution is -2.41. The molecule has 0 spiro atoms. The summed E-state index contributed by atoms with van der Waals surface area (Å²) in [4.78, 5) is 23.7. The average molecular weight is 385 g/mol. The maximum absolute atomic E-state index is 12.1. The lowest BCUT2D eigenvalue weighted by atomic mass is 10.1. The molecule has 3 N–H and O–H groups in total. The van der Waals surface area contributed by atoms with Crippen LogP contribution in [0.1, 0.15) is 22.3 Å². The molecular formula is C17H15ClF2N2O4. The Bertz CT molecular complexity index is 785. The van der Waals surface area contributed by atoms with Gasteiger partial charge in [0, 0.05) is 11.4 Å². The lowest BCUT2D eigenvalue weighted by molar-refractivity contribution is -0.121. The number of phenolic OH excluding ortho intramolecular Hbond substituents is 1. The van der Waals surface area contributed by atoms with Crippen molar-refractivity contribution in [1.29, 1.82) is 0 Å². The maximum Gasteiger partial charge on any atom is 0.387 e. The highest BCUT2D eigenvalue weighted by Crippen LogP contribution is 2.21. The molecule has 2 aromatic rings. The molecule has 0 atom stereocenters. The highest BCUT2D eigenvalue weighted by molar-refractivity contribution is 6.31. The van der Waals surface area contributed by atoms with Gasteiger partial charge in [0.25, 0.3) is 5.91 Å². The molecule has 0 unspecified atom stereocenters. The van der Waals surface area contributed by atoms with E-state index in [1.807, 2.05) is 0 Å². The van der Waals surface area contributed by atoms with E-state index in [4.69, 9.17) is 11.6 Å². The quantitative estimate of drug-likeness (QED) is 0.668. The van der Waals surface area contributed by atoms with Crippen molar-refractivity contribution in [2.24, 2.45) is 0 Å². The Balaban J connectivity index is 1.80. The zero-order valence-corrected chi connectivity index (χ0v) is 14.1. The smallest absolute Gasteiger partial charge is 0.387 e. The number of alkyl halides is 2. The molecule has 138 valence electrons. The van der Waals surface area contributed by atoms with Gasteiger partial charge in [-0.05, 0) is 42.3 Å². The largest absolute Gasteiger partial charge is 0.507 e. The Morgan fingerprint density at radius 1 is 1.12 bits per heavy atom. The molecule has 0 aliphatic heterocycles. The van der Waals surface area contributed by atoms with E-state index in [0.29, 0.717) is 6.42 Å². The zero-order valence-electron chi connectivity index (χ0n) is 13.3. The number of amides is 2. The number of hydrogen-bond acceptors (Lipinski definition) is 4. The average Bonchev–Trinajstić information content (AvgIpc) is 2.60. The number of hydrogen-bond donors (Lipinski definition) is 3. The molecule has 0 radical (unpaired) electrons. The third-order valence-electron chi connectivity index (χ3n) is 3.31. The molecule has 6 nitrogen and oxygen atoms in total. The zero-order chi connectivity index (χ0) is 19.1. The van der Waals surface area contributed by atoms with Gasteiger partial charge in [-0.15, -0.1) is 0 Å². The van der Waals surface area contributed by atoms with Gasteiger partial charge < -0.3 is 9.84 Å². The Morgan fingerprint density at radius 3 is 2.46 bits per heavy atom. The van der Waals surface area contributed by atoms with Crippen LogP contribution in [0.5, 0.6) is 11.5 Å². The van der Waals surface area contributed by atoms with Gasteiger partial charge in [0.05, 0.1) is 5.56 Å². The molecule has 2 amide bonds. The molecule has 9 heteroatoms. The van der Waals surface area contributed by atoms with Gasteiger partial charge in [-0.1, -0.05) is 23.7 Å². The fourth-order valence-electron chi connectivity index (χ4n) is 2.04. The topological polar surface area (TPSA) is 87.7 Å². The second kappa shape index (κ2) is 9.00. The highest BCUT2D eigenvalue weighted by atomic mass is 35.5. The van der Waals surface area contributed by atoms with Gasteiger partial charge in [-0.2, -0.15) is 8.78 Å². The van der Waals surface area contributed by atoms with E-state index in [1.165, 1.54) is 30.3 Å².